The molecule has 0 aliphatic carbocycles. The molecule has 0 aliphatic heterocycles. The van der Waals surface area contributed by atoms with Gasteiger partial charge in [0, 0.05) is 5.69 Å². The highest BCUT2D eigenvalue weighted by Crippen LogP contribution is 2.31. The maximum atomic E-state index is 12.5. The van der Waals surface area contributed by atoms with Crippen LogP contribution in [0.5, 0.6) is 5.75 Å². The SMILES string of the molecule is COC(=O)CC(Oc1cccc(C=O)c1[N+](=O)[O-])C(=O)Nc1ccccc1. The number of anilines is 1. The molecule has 0 bridgehead atoms. The van der Waals surface area contributed by atoms with Crippen LogP contribution in [0, 0.1) is 10.1 Å². The van der Waals surface area contributed by atoms with Gasteiger partial charge in [0.05, 0.1) is 24.0 Å². The first-order valence-electron chi connectivity index (χ1n) is 7.78. The molecule has 0 saturated carbocycles. The molecule has 140 valence electrons. The van der Waals surface area contributed by atoms with Gasteiger partial charge in [0.2, 0.25) is 0 Å². The maximum Gasteiger partial charge on any atom is 0.321 e. The number of hydrogen-bond acceptors (Lipinski definition) is 7. The highest BCUT2D eigenvalue weighted by atomic mass is 16.6. The number of nitro benzene ring substituents is 1. The van der Waals surface area contributed by atoms with Gasteiger partial charge in [-0.2, -0.15) is 0 Å². The fourth-order valence-electron chi connectivity index (χ4n) is 2.24. The zero-order valence-electron chi connectivity index (χ0n) is 14.3. The molecule has 27 heavy (non-hydrogen) atoms. The number of amides is 1. The number of hydrogen-bond donors (Lipinski definition) is 1. The minimum absolute atomic E-state index is 0.210. The van der Waals surface area contributed by atoms with Crippen molar-refractivity contribution >= 4 is 29.5 Å². The lowest BCUT2D eigenvalue weighted by Gasteiger charge is -2.18. The van der Waals surface area contributed by atoms with Crippen LogP contribution in [0.25, 0.3) is 0 Å². The number of nitro groups is 1. The summed E-state index contributed by atoms with van der Waals surface area (Å²) >= 11 is 0. The van der Waals surface area contributed by atoms with Gasteiger partial charge in [-0.3, -0.25) is 24.5 Å². The molecule has 9 heteroatoms. The Morgan fingerprint density at radius 2 is 1.89 bits per heavy atom. The second-order valence-electron chi connectivity index (χ2n) is 5.31. The van der Waals surface area contributed by atoms with E-state index in [1.54, 1.807) is 30.3 Å². The highest BCUT2D eigenvalue weighted by molar-refractivity contribution is 5.96. The van der Waals surface area contributed by atoms with Gasteiger partial charge in [-0.1, -0.05) is 24.3 Å². The van der Waals surface area contributed by atoms with Crippen molar-refractivity contribution in [3.8, 4) is 5.75 Å². The van der Waals surface area contributed by atoms with Crippen LogP contribution < -0.4 is 10.1 Å². The van der Waals surface area contributed by atoms with E-state index in [-0.39, 0.29) is 11.3 Å². The van der Waals surface area contributed by atoms with E-state index < -0.39 is 35.0 Å². The Labute approximate surface area is 154 Å². The van der Waals surface area contributed by atoms with Gasteiger partial charge in [0.15, 0.2) is 18.1 Å². The first-order chi connectivity index (χ1) is 13.0. The lowest BCUT2D eigenvalue weighted by Crippen LogP contribution is -2.35. The van der Waals surface area contributed by atoms with Crippen molar-refractivity contribution in [2.24, 2.45) is 0 Å². The van der Waals surface area contributed by atoms with Gasteiger partial charge in [-0.15, -0.1) is 0 Å². The number of carbonyl (C=O) groups excluding carboxylic acids is 3. The molecule has 2 rings (SSSR count). The fraction of sp³-hybridized carbons (Fsp3) is 0.167. The van der Waals surface area contributed by atoms with Crippen molar-refractivity contribution in [1.29, 1.82) is 0 Å². The summed E-state index contributed by atoms with van der Waals surface area (Å²) in [6, 6.07) is 12.3. The van der Waals surface area contributed by atoms with Crippen LogP contribution in [0.1, 0.15) is 16.8 Å². The molecule has 0 spiro atoms. The number of nitrogens with one attached hydrogen (secondary N) is 1. The topological polar surface area (TPSA) is 125 Å². The van der Waals surface area contributed by atoms with E-state index in [1.807, 2.05) is 0 Å². The zero-order chi connectivity index (χ0) is 19.8. The Balaban J connectivity index is 2.32. The van der Waals surface area contributed by atoms with Crippen LogP contribution in [0.3, 0.4) is 0 Å². The number of carbonyl (C=O) groups is 3. The molecule has 1 N–H and O–H groups in total. The Morgan fingerprint density at radius 1 is 1.19 bits per heavy atom. The van der Waals surface area contributed by atoms with E-state index in [0.717, 1.165) is 7.11 Å². The van der Waals surface area contributed by atoms with Crippen LogP contribution in [0.2, 0.25) is 0 Å². The summed E-state index contributed by atoms with van der Waals surface area (Å²) in [5, 5.41) is 13.9. The highest BCUT2D eigenvalue weighted by Gasteiger charge is 2.29. The number of para-hydroxylation sites is 2. The zero-order valence-corrected chi connectivity index (χ0v) is 14.3. The second kappa shape index (κ2) is 9.09. The predicted octanol–water partition coefficient (Wildman–Crippen LogP) is 2.36. The molecule has 0 heterocycles. The van der Waals surface area contributed by atoms with E-state index in [1.165, 1.54) is 18.2 Å². The molecule has 1 amide bonds. The molecule has 0 aliphatic rings. The predicted molar refractivity (Wildman–Crippen MR) is 94.6 cm³/mol. The lowest BCUT2D eigenvalue weighted by molar-refractivity contribution is -0.386. The molecule has 2 aromatic rings. The first kappa shape index (κ1) is 19.6. The van der Waals surface area contributed by atoms with Gasteiger partial charge in [-0.25, -0.2) is 0 Å². The van der Waals surface area contributed by atoms with E-state index in [0.29, 0.717) is 12.0 Å². The summed E-state index contributed by atoms with van der Waals surface area (Å²) in [7, 11) is 1.14. The summed E-state index contributed by atoms with van der Waals surface area (Å²) in [4.78, 5) is 45.7. The minimum atomic E-state index is -1.40. The smallest absolute Gasteiger partial charge is 0.321 e. The average Bonchev–Trinajstić information content (AvgIpc) is 2.67. The normalized spacial score (nSPS) is 11.1. The van der Waals surface area contributed by atoms with E-state index in [4.69, 9.17) is 4.74 Å². The summed E-state index contributed by atoms with van der Waals surface area (Å²) in [6.07, 6.45) is -1.57. The van der Waals surface area contributed by atoms with Crippen molar-refractivity contribution in [3.63, 3.8) is 0 Å². The summed E-state index contributed by atoms with van der Waals surface area (Å²) in [5.41, 5.74) is -0.343. The van der Waals surface area contributed by atoms with Gasteiger partial charge >= 0.3 is 11.7 Å². The maximum absolute atomic E-state index is 12.5. The average molecular weight is 372 g/mol. The number of aldehydes is 1. The number of nitrogens with zero attached hydrogens (tertiary/aromatic N) is 1. The van der Waals surface area contributed by atoms with Crippen LogP contribution >= 0.6 is 0 Å². The summed E-state index contributed by atoms with van der Waals surface area (Å²) < 4.78 is 9.99. The first-order valence-corrected chi connectivity index (χ1v) is 7.78. The van der Waals surface area contributed by atoms with Crippen LogP contribution in [-0.2, 0) is 14.3 Å². The van der Waals surface area contributed by atoms with E-state index in [9.17, 15) is 24.5 Å². The third kappa shape index (κ3) is 5.11. The lowest BCUT2D eigenvalue weighted by atomic mass is 10.1. The van der Waals surface area contributed by atoms with Crippen LogP contribution in [0.4, 0.5) is 11.4 Å². The van der Waals surface area contributed by atoms with E-state index >= 15 is 0 Å². The monoisotopic (exact) mass is 372 g/mol. The third-order valence-electron chi connectivity index (χ3n) is 3.52. The number of esters is 1. The molecular weight excluding hydrogens is 356 g/mol. The number of rotatable bonds is 8. The molecule has 0 saturated heterocycles. The van der Waals surface area contributed by atoms with Crippen LogP contribution in [-0.4, -0.2) is 36.3 Å². The van der Waals surface area contributed by atoms with Gasteiger partial charge in [0.25, 0.3) is 5.91 Å². The number of methoxy groups -OCH3 is 1. The summed E-state index contributed by atoms with van der Waals surface area (Å²) in [6.45, 7) is 0. The van der Waals surface area contributed by atoms with Crippen molar-refractivity contribution in [2.45, 2.75) is 12.5 Å². The third-order valence-corrected chi connectivity index (χ3v) is 3.52. The van der Waals surface area contributed by atoms with E-state index in [2.05, 4.69) is 10.1 Å². The standard InChI is InChI=1S/C18H16N2O7/c1-26-16(22)10-15(18(23)19-13-7-3-2-4-8-13)27-14-9-5-6-12(11-21)17(14)20(24)25/h2-9,11,15H,10H2,1H3,(H,19,23). The van der Waals surface area contributed by atoms with Gasteiger partial charge in [0.1, 0.15) is 0 Å². The number of benzene rings is 2. The fourth-order valence-corrected chi connectivity index (χ4v) is 2.24. The van der Waals surface area contributed by atoms with Crippen molar-refractivity contribution < 1.29 is 28.8 Å². The Bertz CT molecular complexity index is 852. The molecule has 0 aromatic heterocycles. The molecule has 1 unspecified atom stereocenters. The van der Waals surface area contributed by atoms with Gasteiger partial charge < -0.3 is 14.8 Å². The molecule has 0 fully saturated rings. The number of ether oxygens (including phenoxy) is 2. The molecule has 0 radical (unpaired) electrons. The minimum Gasteiger partial charge on any atom is -0.473 e. The molecular formula is C18H16N2O7. The molecule has 2 aromatic carbocycles. The Kier molecular flexibility index (Phi) is 6.59. The molecule has 9 nitrogen and oxygen atoms in total. The molecule has 1 atom stereocenters. The Morgan fingerprint density at radius 3 is 2.48 bits per heavy atom. The largest absolute Gasteiger partial charge is 0.473 e. The van der Waals surface area contributed by atoms with Crippen LogP contribution in [0.15, 0.2) is 48.5 Å². The van der Waals surface area contributed by atoms with Gasteiger partial charge in [-0.05, 0) is 24.3 Å². The van der Waals surface area contributed by atoms with Crippen molar-refractivity contribution in [2.75, 3.05) is 12.4 Å². The quantitative estimate of drug-likeness (QED) is 0.326. The second-order valence-corrected chi connectivity index (χ2v) is 5.31. The van der Waals surface area contributed by atoms with Crippen molar-refractivity contribution in [3.05, 3.63) is 64.2 Å². The van der Waals surface area contributed by atoms with Crippen molar-refractivity contribution in [1.82, 2.24) is 0 Å². The summed E-state index contributed by atoms with van der Waals surface area (Å²) in [5.74, 6) is -1.74. The Hall–Kier alpha value is -3.75.